The van der Waals surface area contributed by atoms with Crippen LogP contribution in [0.1, 0.15) is 86.5 Å². The highest BCUT2D eigenvalue weighted by atomic mass is 16.6. The molecule has 5 rings (SSSR count). The van der Waals surface area contributed by atoms with Crippen molar-refractivity contribution in [2.24, 2.45) is 46.3 Å². The van der Waals surface area contributed by atoms with E-state index < -0.39 is 5.60 Å². The summed E-state index contributed by atoms with van der Waals surface area (Å²) in [5.41, 5.74) is 0.821. The summed E-state index contributed by atoms with van der Waals surface area (Å²) in [5, 5.41) is 33.3. The molecule has 12 atom stereocenters. The topological polar surface area (TPSA) is 73.2 Å². The van der Waals surface area contributed by atoms with Gasteiger partial charge < -0.3 is 20.1 Å². The minimum atomic E-state index is -0.808. The van der Waals surface area contributed by atoms with Crippen LogP contribution in [0, 0.1) is 46.3 Å². The Morgan fingerprint density at radius 3 is 2.47 bits per heavy atom. The first-order valence-electron chi connectivity index (χ1n) is 13.4. The van der Waals surface area contributed by atoms with Crippen LogP contribution < -0.4 is 0 Å². The molecule has 0 spiro atoms. The maximum Gasteiger partial charge on any atom is 0.113 e. The monoisotopic (exact) mass is 446 g/mol. The number of epoxide rings is 1. The van der Waals surface area contributed by atoms with Crippen molar-refractivity contribution in [3.05, 3.63) is 11.6 Å². The lowest BCUT2D eigenvalue weighted by Gasteiger charge is -2.58. The molecule has 0 radical (unpaired) electrons. The SMILES string of the molecule is CC(C)C(C)C1OC1[C@](C)(O)[C@H]1CC[C@H]2[C@@H]3CC(O)C4CC(O)CC[C@]4(C)C3=CC[C@@]21C. The number of rotatable bonds is 4. The van der Waals surface area contributed by atoms with Crippen molar-refractivity contribution in [3.63, 3.8) is 0 Å². The summed E-state index contributed by atoms with van der Waals surface area (Å²) in [5.74, 6) is 2.34. The van der Waals surface area contributed by atoms with Crippen LogP contribution in [0.4, 0.5) is 0 Å². The lowest BCUT2D eigenvalue weighted by Crippen LogP contribution is -2.55. The summed E-state index contributed by atoms with van der Waals surface area (Å²) < 4.78 is 6.13. The van der Waals surface area contributed by atoms with Gasteiger partial charge in [0.15, 0.2) is 0 Å². The number of fused-ring (bicyclic) bond motifs is 5. The van der Waals surface area contributed by atoms with Crippen LogP contribution in [0.15, 0.2) is 11.6 Å². The van der Waals surface area contributed by atoms with Crippen molar-refractivity contribution in [3.8, 4) is 0 Å². The molecule has 1 heterocycles. The zero-order valence-electron chi connectivity index (χ0n) is 21.1. The Bertz CT molecular complexity index is 773. The Kier molecular flexibility index (Phi) is 5.49. The van der Waals surface area contributed by atoms with Crippen molar-refractivity contribution >= 4 is 0 Å². The van der Waals surface area contributed by atoms with E-state index in [1.807, 2.05) is 6.92 Å². The maximum atomic E-state index is 11.9. The Hall–Kier alpha value is -0.420. The second kappa shape index (κ2) is 7.54. The van der Waals surface area contributed by atoms with E-state index in [4.69, 9.17) is 4.74 Å². The van der Waals surface area contributed by atoms with E-state index >= 15 is 0 Å². The van der Waals surface area contributed by atoms with E-state index in [0.29, 0.717) is 23.7 Å². The summed E-state index contributed by atoms with van der Waals surface area (Å²) in [6, 6.07) is 0. The molecule has 1 saturated heterocycles. The molecule has 4 fully saturated rings. The van der Waals surface area contributed by atoms with Gasteiger partial charge in [0.2, 0.25) is 0 Å². The van der Waals surface area contributed by atoms with E-state index in [2.05, 4.69) is 40.7 Å². The van der Waals surface area contributed by atoms with E-state index in [-0.39, 0.29) is 47.1 Å². The molecule has 6 unspecified atom stereocenters. The first kappa shape index (κ1) is 23.3. The van der Waals surface area contributed by atoms with Crippen LogP contribution in [-0.2, 0) is 4.74 Å². The molecule has 4 aliphatic carbocycles. The fourth-order valence-electron chi connectivity index (χ4n) is 9.08. The van der Waals surface area contributed by atoms with Gasteiger partial charge in [0.05, 0.1) is 23.9 Å². The first-order valence-corrected chi connectivity index (χ1v) is 13.4. The van der Waals surface area contributed by atoms with Gasteiger partial charge in [0, 0.05) is 0 Å². The molecule has 0 bridgehead atoms. The molecule has 0 aromatic carbocycles. The zero-order chi connectivity index (χ0) is 23.2. The third-order valence-electron chi connectivity index (χ3n) is 11.4. The Balaban J connectivity index is 1.41. The van der Waals surface area contributed by atoms with Crippen LogP contribution in [0.3, 0.4) is 0 Å². The molecular weight excluding hydrogens is 400 g/mol. The van der Waals surface area contributed by atoms with Gasteiger partial charge in [-0.1, -0.05) is 46.3 Å². The van der Waals surface area contributed by atoms with Gasteiger partial charge in [0.1, 0.15) is 6.10 Å². The predicted octanol–water partition coefficient (Wildman–Crippen LogP) is 4.71. The number of aliphatic hydroxyl groups is 3. The van der Waals surface area contributed by atoms with Crippen LogP contribution in [-0.4, -0.2) is 45.3 Å². The van der Waals surface area contributed by atoms with Gasteiger partial charge in [-0.05, 0) is 98.2 Å². The second-order valence-electron chi connectivity index (χ2n) is 13.3. The van der Waals surface area contributed by atoms with Crippen LogP contribution in [0.2, 0.25) is 0 Å². The number of aliphatic hydroxyl groups excluding tert-OH is 2. The molecule has 4 nitrogen and oxygen atoms in total. The van der Waals surface area contributed by atoms with E-state index in [0.717, 1.165) is 44.9 Å². The van der Waals surface area contributed by atoms with Gasteiger partial charge in [-0.25, -0.2) is 0 Å². The molecule has 3 saturated carbocycles. The lowest BCUT2D eigenvalue weighted by molar-refractivity contribution is -0.102. The summed E-state index contributed by atoms with van der Waals surface area (Å²) in [4.78, 5) is 0. The molecule has 3 N–H and O–H groups in total. The molecule has 0 aromatic rings. The van der Waals surface area contributed by atoms with Gasteiger partial charge in [-0.15, -0.1) is 0 Å². The fourth-order valence-corrected chi connectivity index (χ4v) is 9.08. The standard InChI is InChI=1S/C28H46O4/c1-15(2)16(3)24-25(32-24)28(6,31)23-8-7-19-18-14-22(30)21-13-17(29)9-11-26(21,4)20(18)10-12-27(19,23)5/h10,15-19,21-25,29-31H,7-9,11-14H2,1-6H3/t16?,17?,18-,19-,21?,22?,23-,24?,25?,26+,27-,28+/m0/s1. The normalized spacial score (nSPS) is 53.0. The van der Waals surface area contributed by atoms with Crippen molar-refractivity contribution < 1.29 is 20.1 Å². The molecule has 1 aliphatic heterocycles. The maximum absolute atomic E-state index is 11.9. The highest BCUT2D eigenvalue weighted by molar-refractivity contribution is 5.31. The molecule has 4 heteroatoms. The van der Waals surface area contributed by atoms with Gasteiger partial charge in [-0.2, -0.15) is 0 Å². The molecule has 0 aromatic heterocycles. The first-order chi connectivity index (χ1) is 14.9. The summed E-state index contributed by atoms with van der Waals surface area (Å²) in [6.45, 7) is 13.5. The van der Waals surface area contributed by atoms with E-state index in [9.17, 15) is 15.3 Å². The Labute approximate surface area is 194 Å². The minimum absolute atomic E-state index is 0.0148. The zero-order valence-corrected chi connectivity index (χ0v) is 21.1. The van der Waals surface area contributed by atoms with Crippen molar-refractivity contribution in [1.82, 2.24) is 0 Å². The van der Waals surface area contributed by atoms with Crippen molar-refractivity contribution in [2.45, 2.75) is 117 Å². The minimum Gasteiger partial charge on any atom is -0.393 e. The second-order valence-corrected chi connectivity index (χ2v) is 13.3. The summed E-state index contributed by atoms with van der Waals surface area (Å²) in [6.07, 6.45) is 8.60. The molecule has 5 aliphatic rings. The van der Waals surface area contributed by atoms with Crippen LogP contribution in [0.25, 0.3) is 0 Å². The summed E-state index contributed by atoms with van der Waals surface area (Å²) >= 11 is 0. The summed E-state index contributed by atoms with van der Waals surface area (Å²) in [7, 11) is 0. The third kappa shape index (κ3) is 3.22. The van der Waals surface area contributed by atoms with Crippen LogP contribution >= 0.6 is 0 Å². The van der Waals surface area contributed by atoms with E-state index in [1.165, 1.54) is 0 Å². The number of hydrogen-bond donors (Lipinski definition) is 3. The smallest absolute Gasteiger partial charge is 0.113 e. The quantitative estimate of drug-likeness (QED) is 0.432. The van der Waals surface area contributed by atoms with Gasteiger partial charge >= 0.3 is 0 Å². The molecule has 0 amide bonds. The van der Waals surface area contributed by atoms with Gasteiger partial charge in [-0.3, -0.25) is 0 Å². The lowest BCUT2D eigenvalue weighted by atomic mass is 9.47. The average molecular weight is 447 g/mol. The highest BCUT2D eigenvalue weighted by Crippen LogP contribution is 2.67. The van der Waals surface area contributed by atoms with Crippen molar-refractivity contribution in [2.75, 3.05) is 0 Å². The van der Waals surface area contributed by atoms with Gasteiger partial charge in [0.25, 0.3) is 0 Å². The number of allylic oxidation sites excluding steroid dienone is 2. The predicted molar refractivity (Wildman–Crippen MR) is 126 cm³/mol. The van der Waals surface area contributed by atoms with Crippen LogP contribution in [0.5, 0.6) is 0 Å². The molecule has 182 valence electrons. The molecule has 32 heavy (non-hydrogen) atoms. The average Bonchev–Trinajstić information content (AvgIpc) is 3.44. The number of ether oxygens (including phenoxy) is 1. The third-order valence-corrected chi connectivity index (χ3v) is 11.4. The Morgan fingerprint density at radius 1 is 1.06 bits per heavy atom. The largest absolute Gasteiger partial charge is 0.393 e. The fraction of sp³-hybridized carbons (Fsp3) is 0.929. The highest BCUT2D eigenvalue weighted by Gasteiger charge is 2.66. The molecular formula is C28H46O4. The van der Waals surface area contributed by atoms with Crippen molar-refractivity contribution in [1.29, 1.82) is 0 Å². The van der Waals surface area contributed by atoms with E-state index in [1.54, 1.807) is 5.57 Å². The Morgan fingerprint density at radius 2 is 1.78 bits per heavy atom. The number of hydrogen-bond acceptors (Lipinski definition) is 4.